The molecule has 0 spiro atoms. The predicted molar refractivity (Wildman–Crippen MR) is 77.0 cm³/mol. The first-order chi connectivity index (χ1) is 9.09. The fourth-order valence-electron chi connectivity index (χ4n) is 2.39. The molecular weight excluding hydrogens is 260 g/mol. The predicted octanol–water partition coefficient (Wildman–Crippen LogP) is 2.46. The third kappa shape index (κ3) is 4.03. The Kier molecular flexibility index (Phi) is 4.96. The largest absolute Gasteiger partial charge is 0.279 e. The molecule has 1 heterocycles. The van der Waals surface area contributed by atoms with Crippen molar-refractivity contribution in [3.05, 3.63) is 35.9 Å². The van der Waals surface area contributed by atoms with E-state index in [4.69, 9.17) is 0 Å². The highest BCUT2D eigenvalue weighted by Crippen LogP contribution is 2.17. The van der Waals surface area contributed by atoms with Crippen molar-refractivity contribution in [3.8, 4) is 0 Å². The van der Waals surface area contributed by atoms with E-state index in [1.807, 2.05) is 37.3 Å². The highest BCUT2D eigenvalue weighted by Gasteiger charge is 2.24. The zero-order chi connectivity index (χ0) is 13.7. The zero-order valence-corrected chi connectivity index (χ0v) is 12.2. The van der Waals surface area contributed by atoms with E-state index in [1.54, 1.807) is 4.31 Å². The number of nitrogens with one attached hydrogen (secondary N) is 1. The number of benzene rings is 1. The smallest absolute Gasteiger partial charge is 0.195 e. The summed E-state index contributed by atoms with van der Waals surface area (Å²) in [6.07, 6.45) is 4.17. The Hall–Kier alpha value is -0.910. The Morgan fingerprint density at radius 1 is 1.05 bits per heavy atom. The molecule has 0 amide bonds. The maximum Gasteiger partial charge on any atom is 0.279 e. The molecule has 1 saturated heterocycles. The molecule has 1 aromatic carbocycles. The van der Waals surface area contributed by atoms with Crippen LogP contribution < -0.4 is 4.72 Å². The van der Waals surface area contributed by atoms with Crippen molar-refractivity contribution in [3.63, 3.8) is 0 Å². The zero-order valence-electron chi connectivity index (χ0n) is 11.4. The number of rotatable bonds is 4. The third-order valence-electron chi connectivity index (χ3n) is 3.53. The van der Waals surface area contributed by atoms with Crippen molar-refractivity contribution in [1.82, 2.24) is 9.03 Å². The molecule has 0 aliphatic carbocycles. The van der Waals surface area contributed by atoms with Gasteiger partial charge in [0.25, 0.3) is 10.2 Å². The Bertz CT molecular complexity index is 479. The minimum atomic E-state index is -3.37. The van der Waals surface area contributed by atoms with Gasteiger partial charge in [-0.25, -0.2) is 0 Å². The summed E-state index contributed by atoms with van der Waals surface area (Å²) < 4.78 is 29.0. The minimum absolute atomic E-state index is 0.200. The molecule has 19 heavy (non-hydrogen) atoms. The molecule has 106 valence electrons. The van der Waals surface area contributed by atoms with Gasteiger partial charge < -0.3 is 0 Å². The maximum absolute atomic E-state index is 12.3. The van der Waals surface area contributed by atoms with E-state index >= 15 is 0 Å². The molecule has 4 nitrogen and oxygen atoms in total. The van der Waals surface area contributed by atoms with Crippen LogP contribution in [0.1, 0.15) is 44.2 Å². The van der Waals surface area contributed by atoms with Crippen molar-refractivity contribution < 1.29 is 8.42 Å². The second-order valence-corrected chi connectivity index (χ2v) is 6.77. The number of hydrogen-bond acceptors (Lipinski definition) is 2. The second-order valence-electron chi connectivity index (χ2n) is 5.07. The Morgan fingerprint density at radius 2 is 1.63 bits per heavy atom. The molecule has 1 fully saturated rings. The summed E-state index contributed by atoms with van der Waals surface area (Å²) in [6, 6.07) is 9.46. The van der Waals surface area contributed by atoms with E-state index < -0.39 is 10.2 Å². The molecule has 5 heteroatoms. The van der Waals surface area contributed by atoms with Crippen LogP contribution in [0.2, 0.25) is 0 Å². The van der Waals surface area contributed by atoms with Crippen LogP contribution >= 0.6 is 0 Å². The van der Waals surface area contributed by atoms with E-state index in [9.17, 15) is 8.42 Å². The van der Waals surface area contributed by atoms with Crippen molar-refractivity contribution in [2.24, 2.45) is 0 Å². The Labute approximate surface area is 116 Å². The van der Waals surface area contributed by atoms with Crippen LogP contribution in [0.3, 0.4) is 0 Å². The molecule has 1 aliphatic heterocycles. The summed E-state index contributed by atoms with van der Waals surface area (Å²) in [5.41, 5.74) is 0.987. The van der Waals surface area contributed by atoms with Crippen LogP contribution in [0.5, 0.6) is 0 Å². The lowest BCUT2D eigenvalue weighted by atomic mass is 10.1. The molecule has 0 bridgehead atoms. The van der Waals surface area contributed by atoms with E-state index in [0.29, 0.717) is 13.1 Å². The quantitative estimate of drug-likeness (QED) is 0.922. The monoisotopic (exact) mass is 282 g/mol. The van der Waals surface area contributed by atoms with Crippen LogP contribution in [0.4, 0.5) is 0 Å². The molecule has 0 radical (unpaired) electrons. The number of hydrogen-bond donors (Lipinski definition) is 1. The summed E-state index contributed by atoms with van der Waals surface area (Å²) in [7, 11) is -3.37. The van der Waals surface area contributed by atoms with E-state index in [-0.39, 0.29) is 6.04 Å². The Morgan fingerprint density at radius 3 is 2.21 bits per heavy atom. The third-order valence-corrected chi connectivity index (χ3v) is 5.23. The van der Waals surface area contributed by atoms with Gasteiger partial charge in [0.1, 0.15) is 0 Å². The van der Waals surface area contributed by atoms with E-state index in [0.717, 1.165) is 31.2 Å². The van der Waals surface area contributed by atoms with Gasteiger partial charge in [-0.15, -0.1) is 0 Å². The van der Waals surface area contributed by atoms with Gasteiger partial charge in [-0.2, -0.15) is 17.4 Å². The molecule has 1 atom stereocenters. The summed E-state index contributed by atoms with van der Waals surface area (Å²) in [5.74, 6) is 0. The van der Waals surface area contributed by atoms with Crippen LogP contribution in [-0.2, 0) is 10.2 Å². The van der Waals surface area contributed by atoms with Crippen LogP contribution in [0, 0.1) is 0 Å². The highest BCUT2D eigenvalue weighted by molar-refractivity contribution is 7.87. The standard InChI is InChI=1S/C14H22N2O2S/c1-13(14-9-5-4-6-10-14)15-19(17,18)16-11-7-2-3-8-12-16/h4-6,9-10,13,15H,2-3,7-8,11-12H2,1H3/t13-/m0/s1. The second kappa shape index (κ2) is 6.50. The van der Waals surface area contributed by atoms with Crippen molar-refractivity contribution in [1.29, 1.82) is 0 Å². The average molecular weight is 282 g/mol. The lowest BCUT2D eigenvalue weighted by Gasteiger charge is -2.23. The van der Waals surface area contributed by atoms with Crippen LogP contribution in [-0.4, -0.2) is 25.8 Å². The summed E-state index contributed by atoms with van der Waals surface area (Å²) in [5, 5.41) is 0. The average Bonchev–Trinajstić information content (AvgIpc) is 2.68. The molecule has 1 N–H and O–H groups in total. The molecule has 0 unspecified atom stereocenters. The minimum Gasteiger partial charge on any atom is -0.195 e. The van der Waals surface area contributed by atoms with Gasteiger partial charge in [0, 0.05) is 19.1 Å². The first kappa shape index (κ1) is 14.5. The normalized spacial score (nSPS) is 19.8. The first-order valence-electron chi connectivity index (χ1n) is 6.92. The summed E-state index contributed by atoms with van der Waals surface area (Å²) in [4.78, 5) is 0. The molecule has 2 rings (SSSR count). The SMILES string of the molecule is C[C@H](NS(=O)(=O)N1CCCCCC1)c1ccccc1. The first-order valence-corrected chi connectivity index (χ1v) is 8.36. The van der Waals surface area contributed by atoms with Gasteiger partial charge in [-0.1, -0.05) is 43.2 Å². The lowest BCUT2D eigenvalue weighted by Crippen LogP contribution is -2.42. The fourth-order valence-corrected chi connectivity index (χ4v) is 3.86. The lowest BCUT2D eigenvalue weighted by molar-refractivity contribution is 0.410. The van der Waals surface area contributed by atoms with Gasteiger partial charge in [-0.05, 0) is 25.3 Å². The van der Waals surface area contributed by atoms with Gasteiger partial charge in [0.05, 0.1) is 0 Å². The van der Waals surface area contributed by atoms with E-state index in [2.05, 4.69) is 4.72 Å². The van der Waals surface area contributed by atoms with Gasteiger partial charge in [-0.3, -0.25) is 0 Å². The maximum atomic E-state index is 12.3. The van der Waals surface area contributed by atoms with E-state index in [1.165, 1.54) is 0 Å². The highest BCUT2D eigenvalue weighted by atomic mass is 32.2. The van der Waals surface area contributed by atoms with Gasteiger partial charge >= 0.3 is 0 Å². The molecule has 0 saturated carbocycles. The summed E-state index contributed by atoms with van der Waals surface area (Å²) in [6.45, 7) is 3.15. The molecule has 1 aromatic rings. The van der Waals surface area contributed by atoms with Gasteiger partial charge in [0.2, 0.25) is 0 Å². The van der Waals surface area contributed by atoms with Crippen molar-refractivity contribution in [2.75, 3.05) is 13.1 Å². The topological polar surface area (TPSA) is 49.4 Å². The van der Waals surface area contributed by atoms with Gasteiger partial charge in [0.15, 0.2) is 0 Å². The van der Waals surface area contributed by atoms with Crippen LogP contribution in [0.25, 0.3) is 0 Å². The molecular formula is C14H22N2O2S. The fraction of sp³-hybridized carbons (Fsp3) is 0.571. The summed E-state index contributed by atoms with van der Waals surface area (Å²) >= 11 is 0. The number of nitrogens with zero attached hydrogens (tertiary/aromatic N) is 1. The van der Waals surface area contributed by atoms with Crippen molar-refractivity contribution in [2.45, 2.75) is 38.6 Å². The molecule has 1 aliphatic rings. The van der Waals surface area contributed by atoms with Crippen LogP contribution in [0.15, 0.2) is 30.3 Å². The Balaban J connectivity index is 2.04. The van der Waals surface area contributed by atoms with Crippen molar-refractivity contribution >= 4 is 10.2 Å². The molecule has 0 aromatic heterocycles.